The fourth-order valence-electron chi connectivity index (χ4n) is 3.33. The van der Waals surface area contributed by atoms with E-state index in [9.17, 15) is 15.3 Å². The van der Waals surface area contributed by atoms with E-state index < -0.39 is 6.10 Å². The minimum Gasteiger partial charge on any atom is -0.396 e. The molecule has 0 bridgehead atoms. The zero-order valence-electron chi connectivity index (χ0n) is 13.2. The van der Waals surface area contributed by atoms with Crippen LogP contribution in [0.2, 0.25) is 0 Å². The fourth-order valence-corrected chi connectivity index (χ4v) is 3.33. The first-order valence-electron chi connectivity index (χ1n) is 8.00. The average Bonchev–Trinajstić information content (AvgIpc) is 2.42. The third-order valence-corrected chi connectivity index (χ3v) is 4.69. The molecule has 0 aliphatic rings. The van der Waals surface area contributed by atoms with Crippen LogP contribution in [0, 0.1) is 23.7 Å². The van der Waals surface area contributed by atoms with Crippen molar-refractivity contribution in [3.05, 3.63) is 0 Å². The first-order chi connectivity index (χ1) is 9.10. The molecule has 116 valence electrons. The van der Waals surface area contributed by atoms with E-state index in [1.54, 1.807) is 0 Å². The predicted molar refractivity (Wildman–Crippen MR) is 79.9 cm³/mol. The van der Waals surface area contributed by atoms with Gasteiger partial charge < -0.3 is 15.3 Å². The van der Waals surface area contributed by atoms with Crippen LogP contribution in [0.5, 0.6) is 0 Å². The highest BCUT2D eigenvalue weighted by Crippen LogP contribution is 2.35. The van der Waals surface area contributed by atoms with Crippen molar-refractivity contribution in [3.8, 4) is 0 Å². The van der Waals surface area contributed by atoms with E-state index in [0.717, 1.165) is 32.1 Å². The quantitative estimate of drug-likeness (QED) is 0.543. The van der Waals surface area contributed by atoms with E-state index in [1.807, 2.05) is 6.92 Å². The summed E-state index contributed by atoms with van der Waals surface area (Å²) >= 11 is 0. The van der Waals surface area contributed by atoms with E-state index in [-0.39, 0.29) is 31.0 Å². The van der Waals surface area contributed by atoms with Gasteiger partial charge in [0.2, 0.25) is 0 Å². The first-order valence-corrected chi connectivity index (χ1v) is 8.00. The Kier molecular flexibility index (Phi) is 10.6. The molecule has 0 saturated carbocycles. The SMILES string of the molecule is CCC[C@@H]([C@@H](CC)CO)[C@@H](CC)[C@H](O)[C@@H](CC)CO. The van der Waals surface area contributed by atoms with Gasteiger partial charge in [-0.15, -0.1) is 0 Å². The van der Waals surface area contributed by atoms with Gasteiger partial charge in [-0.2, -0.15) is 0 Å². The molecule has 0 aromatic rings. The van der Waals surface area contributed by atoms with Gasteiger partial charge in [0.25, 0.3) is 0 Å². The fraction of sp³-hybridized carbons (Fsp3) is 1.00. The largest absolute Gasteiger partial charge is 0.396 e. The standard InChI is InChI=1S/C16H34O3/c1-5-9-15(12(6-2)10-17)14(8-4)16(19)13(7-3)11-18/h12-19H,5-11H2,1-4H3/t12-,13-,14+,15-,16+/m0/s1. The summed E-state index contributed by atoms with van der Waals surface area (Å²) < 4.78 is 0. The van der Waals surface area contributed by atoms with Crippen molar-refractivity contribution >= 4 is 0 Å². The Bertz CT molecular complexity index is 200. The Balaban J connectivity index is 5.00. The van der Waals surface area contributed by atoms with Crippen molar-refractivity contribution in [1.29, 1.82) is 0 Å². The summed E-state index contributed by atoms with van der Waals surface area (Å²) in [4.78, 5) is 0. The molecule has 0 aliphatic heterocycles. The summed E-state index contributed by atoms with van der Waals surface area (Å²) in [6.45, 7) is 8.61. The van der Waals surface area contributed by atoms with Crippen molar-refractivity contribution in [2.45, 2.75) is 65.9 Å². The summed E-state index contributed by atoms with van der Waals surface area (Å²) in [5.41, 5.74) is 0. The first kappa shape index (κ1) is 18.9. The maximum atomic E-state index is 10.6. The van der Waals surface area contributed by atoms with E-state index in [1.165, 1.54) is 0 Å². The minimum absolute atomic E-state index is 0.0412. The normalized spacial score (nSPS) is 19.7. The highest BCUT2D eigenvalue weighted by molar-refractivity contribution is 4.83. The molecule has 0 rings (SSSR count). The summed E-state index contributed by atoms with van der Waals surface area (Å²) in [5.74, 6) is 0.742. The monoisotopic (exact) mass is 274 g/mol. The predicted octanol–water partition coefficient (Wildman–Crippen LogP) is 2.83. The molecule has 3 N–H and O–H groups in total. The lowest BCUT2D eigenvalue weighted by atomic mass is 9.71. The van der Waals surface area contributed by atoms with Crippen LogP contribution in [0.25, 0.3) is 0 Å². The Morgan fingerprint density at radius 3 is 1.58 bits per heavy atom. The summed E-state index contributed by atoms with van der Waals surface area (Å²) in [6, 6.07) is 0. The Hall–Kier alpha value is -0.120. The van der Waals surface area contributed by atoms with E-state index in [0.29, 0.717) is 5.92 Å². The molecule has 0 heterocycles. The zero-order chi connectivity index (χ0) is 14.8. The second-order valence-corrected chi connectivity index (χ2v) is 5.72. The second-order valence-electron chi connectivity index (χ2n) is 5.72. The third kappa shape index (κ3) is 5.41. The maximum Gasteiger partial charge on any atom is 0.0620 e. The zero-order valence-corrected chi connectivity index (χ0v) is 13.2. The van der Waals surface area contributed by atoms with Crippen LogP contribution >= 0.6 is 0 Å². The maximum absolute atomic E-state index is 10.6. The molecule has 0 spiro atoms. The number of aliphatic hydroxyl groups excluding tert-OH is 3. The van der Waals surface area contributed by atoms with Crippen molar-refractivity contribution in [1.82, 2.24) is 0 Å². The van der Waals surface area contributed by atoms with Gasteiger partial charge in [-0.3, -0.25) is 0 Å². The smallest absolute Gasteiger partial charge is 0.0620 e. The number of hydrogen-bond acceptors (Lipinski definition) is 3. The third-order valence-electron chi connectivity index (χ3n) is 4.69. The van der Waals surface area contributed by atoms with Gasteiger partial charge in [-0.1, -0.05) is 47.0 Å². The molecule has 0 aromatic heterocycles. The summed E-state index contributed by atoms with van der Waals surface area (Å²) in [6.07, 6.45) is 4.29. The molecule has 0 unspecified atom stereocenters. The van der Waals surface area contributed by atoms with Crippen molar-refractivity contribution < 1.29 is 15.3 Å². The van der Waals surface area contributed by atoms with Gasteiger partial charge in [0.05, 0.1) is 6.10 Å². The molecule has 19 heavy (non-hydrogen) atoms. The van der Waals surface area contributed by atoms with Crippen molar-refractivity contribution in [3.63, 3.8) is 0 Å². The number of hydrogen-bond donors (Lipinski definition) is 3. The van der Waals surface area contributed by atoms with Crippen LogP contribution in [-0.2, 0) is 0 Å². The molecule has 0 saturated heterocycles. The van der Waals surface area contributed by atoms with E-state index >= 15 is 0 Å². The summed E-state index contributed by atoms with van der Waals surface area (Å²) in [7, 11) is 0. The average molecular weight is 274 g/mol. The molecule has 3 nitrogen and oxygen atoms in total. The van der Waals surface area contributed by atoms with Gasteiger partial charge >= 0.3 is 0 Å². The lowest BCUT2D eigenvalue weighted by Gasteiger charge is -2.37. The molecule has 0 amide bonds. The van der Waals surface area contributed by atoms with Crippen LogP contribution in [0.4, 0.5) is 0 Å². The molecular formula is C16H34O3. The molecule has 0 aliphatic carbocycles. The topological polar surface area (TPSA) is 60.7 Å². The molecule has 0 aromatic carbocycles. The van der Waals surface area contributed by atoms with Gasteiger partial charge in [0.1, 0.15) is 0 Å². The van der Waals surface area contributed by atoms with E-state index in [2.05, 4.69) is 20.8 Å². The van der Waals surface area contributed by atoms with Crippen LogP contribution in [0.3, 0.4) is 0 Å². The Labute approximate surface area is 119 Å². The van der Waals surface area contributed by atoms with Crippen LogP contribution in [0.15, 0.2) is 0 Å². The molecular weight excluding hydrogens is 240 g/mol. The number of rotatable bonds is 11. The minimum atomic E-state index is -0.461. The molecule has 5 atom stereocenters. The van der Waals surface area contributed by atoms with Crippen molar-refractivity contribution in [2.24, 2.45) is 23.7 Å². The van der Waals surface area contributed by atoms with Gasteiger partial charge in [0.15, 0.2) is 0 Å². The Morgan fingerprint density at radius 1 is 0.737 bits per heavy atom. The molecule has 0 fully saturated rings. The van der Waals surface area contributed by atoms with Gasteiger partial charge in [-0.05, 0) is 30.6 Å². The molecule has 0 radical (unpaired) electrons. The summed E-state index contributed by atoms with van der Waals surface area (Å²) in [5, 5.41) is 29.5. The lowest BCUT2D eigenvalue weighted by molar-refractivity contribution is -0.0239. The highest BCUT2D eigenvalue weighted by Gasteiger charge is 2.34. The lowest BCUT2D eigenvalue weighted by Crippen LogP contribution is -2.38. The van der Waals surface area contributed by atoms with E-state index in [4.69, 9.17) is 0 Å². The Morgan fingerprint density at radius 2 is 1.26 bits per heavy atom. The van der Waals surface area contributed by atoms with Crippen molar-refractivity contribution in [2.75, 3.05) is 13.2 Å². The van der Waals surface area contributed by atoms with Gasteiger partial charge in [-0.25, -0.2) is 0 Å². The molecule has 3 heteroatoms. The highest BCUT2D eigenvalue weighted by atomic mass is 16.3. The van der Waals surface area contributed by atoms with Crippen LogP contribution < -0.4 is 0 Å². The van der Waals surface area contributed by atoms with Gasteiger partial charge in [0, 0.05) is 19.1 Å². The van der Waals surface area contributed by atoms with Crippen LogP contribution in [0.1, 0.15) is 59.8 Å². The van der Waals surface area contributed by atoms with Crippen LogP contribution in [-0.4, -0.2) is 34.6 Å². The second kappa shape index (κ2) is 10.6. The number of aliphatic hydroxyl groups is 3.